The van der Waals surface area contributed by atoms with Gasteiger partial charge in [0.15, 0.2) is 4.80 Å². The molecule has 1 aliphatic rings. The number of fused-ring (bicyclic) bond motifs is 2. The lowest BCUT2D eigenvalue weighted by Gasteiger charge is -2.21. The summed E-state index contributed by atoms with van der Waals surface area (Å²) in [5.41, 5.74) is 2.69. The van der Waals surface area contributed by atoms with Gasteiger partial charge in [-0.05, 0) is 41.8 Å². The Morgan fingerprint density at radius 1 is 1.06 bits per heavy atom. The van der Waals surface area contributed by atoms with Crippen molar-refractivity contribution in [3.63, 3.8) is 0 Å². The van der Waals surface area contributed by atoms with Crippen LogP contribution in [0.5, 0.6) is 0 Å². The monoisotopic (exact) mass is 480 g/mol. The van der Waals surface area contributed by atoms with Gasteiger partial charge in [0, 0.05) is 0 Å². The van der Waals surface area contributed by atoms with Gasteiger partial charge in [0.05, 0.1) is 28.5 Å². The number of rotatable bonds is 5. The molecule has 0 N–H and O–H groups in total. The maximum absolute atomic E-state index is 13.7. The van der Waals surface area contributed by atoms with Gasteiger partial charge in [-0.25, -0.2) is 9.79 Å². The Hall–Kier alpha value is -4.03. The van der Waals surface area contributed by atoms with E-state index in [0.29, 0.717) is 20.6 Å². The minimum absolute atomic E-state index is 0.182. The fourth-order valence-electron chi connectivity index (χ4n) is 4.30. The zero-order chi connectivity index (χ0) is 24.4. The van der Waals surface area contributed by atoms with Crippen LogP contribution in [0, 0.1) is 0 Å². The fraction of sp³-hybridized carbons (Fsp3) is 0.138. The Morgan fingerprint density at radius 2 is 1.80 bits per heavy atom. The molecule has 0 bridgehead atoms. The van der Waals surface area contributed by atoms with E-state index in [1.165, 1.54) is 11.3 Å². The molecule has 174 valence electrons. The molecule has 5 rings (SSSR count). The first kappa shape index (κ1) is 22.7. The van der Waals surface area contributed by atoms with E-state index in [1.54, 1.807) is 18.4 Å². The molecule has 0 saturated heterocycles. The fourth-order valence-corrected chi connectivity index (χ4v) is 5.35. The second-order valence-electron chi connectivity index (χ2n) is 8.18. The van der Waals surface area contributed by atoms with Gasteiger partial charge >= 0.3 is 5.97 Å². The average molecular weight is 481 g/mol. The van der Waals surface area contributed by atoms with E-state index in [9.17, 15) is 9.59 Å². The molecule has 1 aromatic heterocycles. The summed E-state index contributed by atoms with van der Waals surface area (Å²) in [7, 11) is 0. The summed E-state index contributed by atoms with van der Waals surface area (Å²) < 4.78 is 7.49. The molecule has 2 heterocycles. The number of hydrogen-bond acceptors (Lipinski definition) is 5. The lowest BCUT2D eigenvalue weighted by molar-refractivity contribution is -0.139. The van der Waals surface area contributed by atoms with Gasteiger partial charge in [-0.1, -0.05) is 96.3 Å². The summed E-state index contributed by atoms with van der Waals surface area (Å²) in [6.45, 7) is 3.80. The van der Waals surface area contributed by atoms with E-state index in [-0.39, 0.29) is 12.2 Å². The third kappa shape index (κ3) is 4.40. The van der Waals surface area contributed by atoms with E-state index in [4.69, 9.17) is 4.74 Å². The highest BCUT2D eigenvalue weighted by atomic mass is 32.1. The predicted octanol–water partition coefficient (Wildman–Crippen LogP) is 4.62. The highest BCUT2D eigenvalue weighted by molar-refractivity contribution is 7.07. The van der Waals surface area contributed by atoms with Crippen molar-refractivity contribution in [2.75, 3.05) is 6.61 Å². The average Bonchev–Trinajstić information content (AvgIpc) is 3.17. The summed E-state index contributed by atoms with van der Waals surface area (Å²) in [6, 6.07) is 23.3. The van der Waals surface area contributed by atoms with Crippen molar-refractivity contribution < 1.29 is 9.53 Å². The molecular formula is C29H24N2O3S. The third-order valence-corrected chi connectivity index (χ3v) is 6.92. The van der Waals surface area contributed by atoms with Crippen LogP contribution in [-0.4, -0.2) is 17.1 Å². The molecule has 6 heteroatoms. The summed E-state index contributed by atoms with van der Waals surface area (Å²) in [5, 5.41) is 2.18. The van der Waals surface area contributed by atoms with Gasteiger partial charge in [0.25, 0.3) is 5.56 Å². The van der Waals surface area contributed by atoms with Gasteiger partial charge in [0.1, 0.15) is 0 Å². The molecule has 5 nitrogen and oxygen atoms in total. The molecule has 4 aromatic rings. The maximum Gasteiger partial charge on any atom is 0.338 e. The van der Waals surface area contributed by atoms with Crippen LogP contribution in [0.25, 0.3) is 22.9 Å². The summed E-state index contributed by atoms with van der Waals surface area (Å²) in [4.78, 5) is 31.8. The van der Waals surface area contributed by atoms with E-state index in [2.05, 4.69) is 17.1 Å². The number of carbonyl (C=O) groups excluding carboxylic acids is 1. The molecular weight excluding hydrogens is 456 g/mol. The molecule has 0 amide bonds. The normalized spacial score (nSPS) is 15.9. The molecule has 0 fully saturated rings. The minimum Gasteiger partial charge on any atom is -0.463 e. The number of benzene rings is 3. The first-order valence-corrected chi connectivity index (χ1v) is 12.3. The summed E-state index contributed by atoms with van der Waals surface area (Å²) >= 11 is 1.33. The first-order chi connectivity index (χ1) is 17.1. The second-order valence-corrected chi connectivity index (χ2v) is 9.19. The Balaban J connectivity index is 1.69. The molecule has 1 atom stereocenters. The van der Waals surface area contributed by atoms with Crippen molar-refractivity contribution in [3.8, 4) is 0 Å². The van der Waals surface area contributed by atoms with Crippen molar-refractivity contribution >= 4 is 40.2 Å². The van der Waals surface area contributed by atoms with E-state index in [1.807, 2.05) is 78.9 Å². The largest absolute Gasteiger partial charge is 0.463 e. The highest BCUT2D eigenvalue weighted by Crippen LogP contribution is 2.26. The van der Waals surface area contributed by atoms with E-state index < -0.39 is 12.0 Å². The number of allylic oxidation sites excluding steroid dienone is 2. The Labute approximate surface area is 206 Å². The van der Waals surface area contributed by atoms with Crippen molar-refractivity contribution in [2.24, 2.45) is 4.99 Å². The number of nitrogens with zero attached hydrogens (tertiary/aromatic N) is 2. The van der Waals surface area contributed by atoms with Crippen LogP contribution in [0.15, 0.2) is 99.9 Å². The number of aromatic nitrogens is 1. The third-order valence-electron chi connectivity index (χ3n) is 5.94. The number of ether oxygens (including phenoxy) is 1. The van der Waals surface area contributed by atoms with Crippen LogP contribution in [0.1, 0.15) is 31.0 Å². The zero-order valence-corrected chi connectivity index (χ0v) is 20.3. The number of thiazole rings is 1. The molecule has 0 radical (unpaired) electrons. The standard InChI is InChI=1S/C29H24N2O3S/c1-3-34-28(33)26-19(2)30-29-31(24(26)17-16-20-10-5-4-6-11-20)27(32)25(35-29)18-22-14-9-13-21-12-7-8-15-23(21)22/h4-18,24H,3H2,1-2H3/b17-16+,25-18+/t24-/m0/s1. The van der Waals surface area contributed by atoms with Crippen molar-refractivity contribution in [2.45, 2.75) is 19.9 Å². The Morgan fingerprint density at radius 3 is 2.60 bits per heavy atom. The van der Waals surface area contributed by atoms with Crippen LogP contribution in [-0.2, 0) is 9.53 Å². The van der Waals surface area contributed by atoms with Gasteiger partial charge in [0.2, 0.25) is 0 Å². The van der Waals surface area contributed by atoms with Crippen molar-refractivity contribution in [1.29, 1.82) is 0 Å². The van der Waals surface area contributed by atoms with Crippen molar-refractivity contribution in [1.82, 2.24) is 4.57 Å². The Kier molecular flexibility index (Phi) is 6.29. The number of esters is 1. The molecule has 0 aliphatic carbocycles. The van der Waals surface area contributed by atoms with Gasteiger partial charge in [-0.15, -0.1) is 0 Å². The van der Waals surface area contributed by atoms with Crippen LogP contribution >= 0.6 is 11.3 Å². The summed E-state index contributed by atoms with van der Waals surface area (Å²) in [6.07, 6.45) is 5.71. The number of hydrogen-bond donors (Lipinski definition) is 0. The van der Waals surface area contributed by atoms with Crippen LogP contribution in [0.2, 0.25) is 0 Å². The van der Waals surface area contributed by atoms with Crippen LogP contribution < -0.4 is 14.9 Å². The molecule has 35 heavy (non-hydrogen) atoms. The SMILES string of the molecule is CCOC(=O)C1=C(C)N=c2s/c(=C/c3cccc4ccccc34)c(=O)n2[C@H]1/C=C/c1ccccc1. The molecule has 0 unspecified atom stereocenters. The molecule has 3 aromatic carbocycles. The molecule has 0 spiro atoms. The topological polar surface area (TPSA) is 60.7 Å². The maximum atomic E-state index is 13.7. The van der Waals surface area contributed by atoms with Gasteiger partial charge in [-0.3, -0.25) is 9.36 Å². The predicted molar refractivity (Wildman–Crippen MR) is 141 cm³/mol. The van der Waals surface area contributed by atoms with Crippen LogP contribution in [0.4, 0.5) is 0 Å². The Bertz CT molecular complexity index is 1650. The lowest BCUT2D eigenvalue weighted by Crippen LogP contribution is -2.38. The smallest absolute Gasteiger partial charge is 0.338 e. The molecule has 1 aliphatic heterocycles. The minimum atomic E-state index is -0.611. The van der Waals surface area contributed by atoms with E-state index >= 15 is 0 Å². The highest BCUT2D eigenvalue weighted by Gasteiger charge is 2.30. The lowest BCUT2D eigenvalue weighted by atomic mass is 10.0. The quantitative estimate of drug-likeness (QED) is 0.392. The second kappa shape index (κ2) is 9.68. The van der Waals surface area contributed by atoms with Gasteiger partial charge < -0.3 is 4.74 Å². The zero-order valence-electron chi connectivity index (χ0n) is 19.5. The first-order valence-electron chi connectivity index (χ1n) is 11.5. The molecule has 0 saturated carbocycles. The van der Waals surface area contributed by atoms with Crippen LogP contribution in [0.3, 0.4) is 0 Å². The van der Waals surface area contributed by atoms with Crippen molar-refractivity contribution in [3.05, 3.63) is 121 Å². The number of carbonyl (C=O) groups is 1. The van der Waals surface area contributed by atoms with E-state index in [0.717, 1.165) is 21.9 Å². The van der Waals surface area contributed by atoms with Gasteiger partial charge in [-0.2, -0.15) is 0 Å². The summed E-state index contributed by atoms with van der Waals surface area (Å²) in [5.74, 6) is -0.459.